The number of halogens is 2. The molecule has 0 aliphatic heterocycles. The lowest BCUT2D eigenvalue weighted by Crippen LogP contribution is -1.99. The van der Waals surface area contributed by atoms with Gasteiger partial charge < -0.3 is 4.74 Å². The van der Waals surface area contributed by atoms with Crippen LogP contribution in [0, 0.1) is 6.92 Å². The van der Waals surface area contributed by atoms with Crippen LogP contribution in [0.25, 0.3) is 10.9 Å². The molecule has 0 atom stereocenters. The summed E-state index contributed by atoms with van der Waals surface area (Å²) < 4.78 is 5.35. The Morgan fingerprint density at radius 3 is 2.44 bits per heavy atom. The van der Waals surface area contributed by atoms with Crippen molar-refractivity contribution in [3.63, 3.8) is 0 Å². The Morgan fingerprint density at radius 2 is 1.89 bits per heavy atom. The second-order valence-electron chi connectivity index (χ2n) is 4.55. The van der Waals surface area contributed by atoms with E-state index in [4.69, 9.17) is 27.9 Å². The summed E-state index contributed by atoms with van der Waals surface area (Å²) in [6, 6.07) is 3.60. The minimum atomic E-state index is 0.304. The SMILES string of the molecule is COc1ccc(Cl)c2nc(C)c(C(C)C)c(Cl)c12. The first-order valence-electron chi connectivity index (χ1n) is 5.79. The number of rotatable bonds is 2. The molecule has 2 aromatic rings. The Kier molecular flexibility index (Phi) is 3.69. The smallest absolute Gasteiger partial charge is 0.129 e. The molecule has 0 unspecified atom stereocenters. The normalized spacial score (nSPS) is 11.3. The summed E-state index contributed by atoms with van der Waals surface area (Å²) in [7, 11) is 1.62. The maximum Gasteiger partial charge on any atom is 0.129 e. The number of hydrogen-bond acceptors (Lipinski definition) is 2. The number of aromatic nitrogens is 1. The highest BCUT2D eigenvalue weighted by atomic mass is 35.5. The third-order valence-electron chi connectivity index (χ3n) is 3.01. The molecule has 1 aromatic carbocycles. The number of pyridine rings is 1. The Hall–Kier alpha value is -0.990. The Balaban J connectivity index is 2.95. The van der Waals surface area contributed by atoms with Crippen LogP contribution >= 0.6 is 23.2 Å². The van der Waals surface area contributed by atoms with E-state index >= 15 is 0 Å². The fourth-order valence-corrected chi connectivity index (χ4v) is 2.97. The first-order valence-corrected chi connectivity index (χ1v) is 6.55. The van der Waals surface area contributed by atoms with Crippen molar-refractivity contribution >= 4 is 34.1 Å². The molecule has 0 amide bonds. The van der Waals surface area contributed by atoms with Gasteiger partial charge in [0.25, 0.3) is 0 Å². The van der Waals surface area contributed by atoms with Gasteiger partial charge in [-0.25, -0.2) is 0 Å². The molecule has 2 nitrogen and oxygen atoms in total. The molecule has 0 radical (unpaired) electrons. The van der Waals surface area contributed by atoms with Crippen molar-refractivity contribution < 1.29 is 4.74 Å². The molecular weight excluding hydrogens is 269 g/mol. The van der Waals surface area contributed by atoms with E-state index < -0.39 is 0 Å². The molecule has 1 aromatic heterocycles. The number of aryl methyl sites for hydroxylation is 1. The van der Waals surface area contributed by atoms with Crippen LogP contribution in [-0.2, 0) is 0 Å². The van der Waals surface area contributed by atoms with Crippen molar-refractivity contribution in [2.75, 3.05) is 7.11 Å². The van der Waals surface area contributed by atoms with Gasteiger partial charge in [0, 0.05) is 5.69 Å². The number of methoxy groups -OCH3 is 1. The molecule has 1 heterocycles. The third kappa shape index (κ3) is 2.04. The van der Waals surface area contributed by atoms with Gasteiger partial charge >= 0.3 is 0 Å². The lowest BCUT2D eigenvalue weighted by Gasteiger charge is -2.16. The molecule has 96 valence electrons. The standard InChI is InChI=1S/C14H15Cl2NO/c1-7(2)11-8(3)17-14-9(15)5-6-10(18-4)12(14)13(11)16/h5-7H,1-4H3. The Morgan fingerprint density at radius 1 is 1.22 bits per heavy atom. The summed E-state index contributed by atoms with van der Waals surface area (Å²) in [5.41, 5.74) is 2.66. The maximum absolute atomic E-state index is 6.52. The van der Waals surface area contributed by atoms with Crippen LogP contribution in [0.4, 0.5) is 0 Å². The van der Waals surface area contributed by atoms with Crippen LogP contribution in [0.1, 0.15) is 31.0 Å². The molecule has 0 bridgehead atoms. The Bertz CT molecular complexity index is 609. The molecule has 0 spiro atoms. The third-order valence-corrected chi connectivity index (χ3v) is 3.71. The van der Waals surface area contributed by atoms with Crippen molar-refractivity contribution in [3.8, 4) is 5.75 Å². The zero-order valence-electron chi connectivity index (χ0n) is 10.8. The van der Waals surface area contributed by atoms with Crippen molar-refractivity contribution in [1.82, 2.24) is 4.98 Å². The molecule has 0 saturated carbocycles. The van der Waals surface area contributed by atoms with E-state index in [0.717, 1.165) is 16.6 Å². The predicted octanol–water partition coefficient (Wildman–Crippen LogP) is 4.98. The largest absolute Gasteiger partial charge is 0.496 e. The molecule has 0 fully saturated rings. The van der Waals surface area contributed by atoms with E-state index in [-0.39, 0.29) is 0 Å². The second-order valence-corrected chi connectivity index (χ2v) is 5.34. The van der Waals surface area contributed by atoms with E-state index in [9.17, 15) is 0 Å². The number of ether oxygens (including phenoxy) is 1. The molecule has 4 heteroatoms. The van der Waals surface area contributed by atoms with Crippen LogP contribution in [0.15, 0.2) is 12.1 Å². The first kappa shape index (κ1) is 13.4. The quantitative estimate of drug-likeness (QED) is 0.775. The predicted molar refractivity (Wildman–Crippen MR) is 77.1 cm³/mol. The van der Waals surface area contributed by atoms with Gasteiger partial charge in [0.1, 0.15) is 5.75 Å². The highest BCUT2D eigenvalue weighted by Crippen LogP contribution is 2.40. The number of hydrogen-bond donors (Lipinski definition) is 0. The fourth-order valence-electron chi connectivity index (χ4n) is 2.23. The van der Waals surface area contributed by atoms with Gasteiger partial charge in [0.15, 0.2) is 0 Å². The molecule has 0 N–H and O–H groups in total. The summed E-state index contributed by atoms with van der Waals surface area (Å²) in [5, 5.41) is 2.07. The summed E-state index contributed by atoms with van der Waals surface area (Å²) in [6.07, 6.45) is 0. The fraction of sp³-hybridized carbons (Fsp3) is 0.357. The zero-order valence-corrected chi connectivity index (χ0v) is 12.4. The van der Waals surface area contributed by atoms with Gasteiger partial charge in [0.2, 0.25) is 0 Å². The Labute approximate surface area is 117 Å². The maximum atomic E-state index is 6.52. The van der Waals surface area contributed by atoms with E-state index in [1.807, 2.05) is 13.0 Å². The zero-order chi connectivity index (χ0) is 13.4. The highest BCUT2D eigenvalue weighted by molar-refractivity contribution is 6.40. The molecule has 0 aliphatic rings. The van der Waals surface area contributed by atoms with Crippen molar-refractivity contribution in [2.45, 2.75) is 26.7 Å². The van der Waals surface area contributed by atoms with Crippen LogP contribution < -0.4 is 4.74 Å². The lowest BCUT2D eigenvalue weighted by molar-refractivity contribution is 0.419. The van der Waals surface area contributed by atoms with Crippen LogP contribution in [0.2, 0.25) is 10.0 Å². The summed E-state index contributed by atoms with van der Waals surface area (Å²) in [6.45, 7) is 6.15. The van der Waals surface area contributed by atoms with Crippen LogP contribution in [-0.4, -0.2) is 12.1 Å². The van der Waals surface area contributed by atoms with Gasteiger partial charge in [-0.1, -0.05) is 37.0 Å². The minimum absolute atomic E-state index is 0.304. The summed E-state index contributed by atoms with van der Waals surface area (Å²) >= 11 is 12.7. The summed E-state index contributed by atoms with van der Waals surface area (Å²) in [5.74, 6) is 1.01. The average molecular weight is 284 g/mol. The number of nitrogens with zero attached hydrogens (tertiary/aromatic N) is 1. The van der Waals surface area contributed by atoms with Crippen molar-refractivity contribution in [1.29, 1.82) is 0 Å². The number of fused-ring (bicyclic) bond motifs is 1. The van der Waals surface area contributed by atoms with Crippen LogP contribution in [0.3, 0.4) is 0 Å². The van der Waals surface area contributed by atoms with Crippen molar-refractivity contribution in [2.24, 2.45) is 0 Å². The first-order chi connectivity index (χ1) is 8.47. The average Bonchev–Trinajstić information content (AvgIpc) is 2.30. The van der Waals surface area contributed by atoms with E-state index in [0.29, 0.717) is 27.2 Å². The van der Waals surface area contributed by atoms with Gasteiger partial charge in [0.05, 0.1) is 28.1 Å². The van der Waals surface area contributed by atoms with Crippen LogP contribution in [0.5, 0.6) is 5.75 Å². The molecule has 18 heavy (non-hydrogen) atoms. The molecule has 0 aliphatic carbocycles. The topological polar surface area (TPSA) is 22.1 Å². The second kappa shape index (κ2) is 4.94. The van der Waals surface area contributed by atoms with Gasteiger partial charge in [-0.05, 0) is 30.5 Å². The molecular formula is C14H15Cl2NO. The monoisotopic (exact) mass is 283 g/mol. The van der Waals surface area contributed by atoms with E-state index in [2.05, 4.69) is 18.8 Å². The van der Waals surface area contributed by atoms with E-state index in [1.165, 1.54) is 0 Å². The van der Waals surface area contributed by atoms with Gasteiger partial charge in [-0.15, -0.1) is 0 Å². The highest BCUT2D eigenvalue weighted by Gasteiger charge is 2.18. The molecule has 0 saturated heterocycles. The minimum Gasteiger partial charge on any atom is -0.496 e. The van der Waals surface area contributed by atoms with E-state index in [1.54, 1.807) is 13.2 Å². The van der Waals surface area contributed by atoms with Gasteiger partial charge in [-0.2, -0.15) is 0 Å². The van der Waals surface area contributed by atoms with Gasteiger partial charge in [-0.3, -0.25) is 4.98 Å². The molecule has 2 rings (SSSR count). The van der Waals surface area contributed by atoms with Crippen molar-refractivity contribution in [3.05, 3.63) is 33.4 Å². The number of benzene rings is 1. The summed E-state index contributed by atoms with van der Waals surface area (Å²) in [4.78, 5) is 4.57. The lowest BCUT2D eigenvalue weighted by atomic mass is 9.99.